The zero-order valence-corrected chi connectivity index (χ0v) is 13.4. The van der Waals surface area contributed by atoms with Gasteiger partial charge in [0.2, 0.25) is 23.6 Å². The number of hydrogen-bond donors (Lipinski definition) is 0. The van der Waals surface area contributed by atoms with Gasteiger partial charge in [-0.25, -0.2) is 0 Å². The molecular weight excluding hydrogens is 284 g/mol. The SMILES string of the molecule is CCCCN1C(=O)CC2(CC1=O)CC(=O)N(CCCC)C2=O. The molecule has 6 heteroatoms. The number of piperidine rings is 1. The largest absolute Gasteiger partial charge is 0.283 e. The molecule has 2 saturated heterocycles. The van der Waals surface area contributed by atoms with E-state index in [0.29, 0.717) is 13.1 Å². The summed E-state index contributed by atoms with van der Waals surface area (Å²) in [6, 6.07) is 0. The van der Waals surface area contributed by atoms with Crippen LogP contribution in [-0.2, 0) is 19.2 Å². The molecule has 22 heavy (non-hydrogen) atoms. The lowest BCUT2D eigenvalue weighted by molar-refractivity contribution is -0.159. The first-order valence-corrected chi connectivity index (χ1v) is 8.13. The standard InChI is InChI=1S/C16H24N2O4/c1-3-5-7-17-12(19)9-16(10-13(17)20)11-14(21)18(15(16)22)8-6-4-2/h3-11H2,1-2H3. The van der Waals surface area contributed by atoms with Crippen molar-refractivity contribution in [2.24, 2.45) is 5.41 Å². The number of amides is 4. The summed E-state index contributed by atoms with van der Waals surface area (Å²) in [6.45, 7) is 4.77. The Hall–Kier alpha value is -1.72. The second kappa shape index (κ2) is 6.58. The number of likely N-dealkylation sites (tertiary alicyclic amines) is 2. The summed E-state index contributed by atoms with van der Waals surface area (Å²) in [5.41, 5.74) is -1.11. The van der Waals surface area contributed by atoms with E-state index in [1.165, 1.54) is 9.80 Å². The molecule has 1 spiro atoms. The van der Waals surface area contributed by atoms with E-state index in [2.05, 4.69) is 0 Å². The van der Waals surface area contributed by atoms with Crippen molar-refractivity contribution in [2.45, 2.75) is 58.8 Å². The third-order valence-electron chi connectivity index (χ3n) is 4.54. The van der Waals surface area contributed by atoms with Crippen molar-refractivity contribution in [3.05, 3.63) is 0 Å². The van der Waals surface area contributed by atoms with Crippen molar-refractivity contribution in [3.8, 4) is 0 Å². The van der Waals surface area contributed by atoms with E-state index in [9.17, 15) is 19.2 Å². The van der Waals surface area contributed by atoms with E-state index in [1.54, 1.807) is 0 Å². The third-order valence-corrected chi connectivity index (χ3v) is 4.54. The maximum Gasteiger partial charge on any atom is 0.236 e. The zero-order chi connectivity index (χ0) is 16.3. The lowest BCUT2D eigenvalue weighted by atomic mass is 9.76. The van der Waals surface area contributed by atoms with Crippen molar-refractivity contribution in [3.63, 3.8) is 0 Å². The molecule has 2 fully saturated rings. The van der Waals surface area contributed by atoms with Crippen LogP contribution in [0.3, 0.4) is 0 Å². The predicted octanol–water partition coefficient (Wildman–Crippen LogP) is 1.48. The molecule has 0 bridgehead atoms. The van der Waals surface area contributed by atoms with Gasteiger partial charge < -0.3 is 0 Å². The zero-order valence-electron chi connectivity index (χ0n) is 13.4. The molecule has 2 rings (SSSR count). The highest BCUT2D eigenvalue weighted by Crippen LogP contribution is 2.43. The quantitative estimate of drug-likeness (QED) is 0.697. The van der Waals surface area contributed by atoms with Gasteiger partial charge in [0.05, 0.1) is 5.41 Å². The Labute approximate surface area is 130 Å². The van der Waals surface area contributed by atoms with Crippen LogP contribution in [0.15, 0.2) is 0 Å². The van der Waals surface area contributed by atoms with Crippen LogP contribution in [0.4, 0.5) is 0 Å². The van der Waals surface area contributed by atoms with Gasteiger partial charge >= 0.3 is 0 Å². The van der Waals surface area contributed by atoms with Gasteiger partial charge in [0, 0.05) is 32.4 Å². The molecule has 122 valence electrons. The van der Waals surface area contributed by atoms with Crippen LogP contribution in [0.1, 0.15) is 58.8 Å². The first kappa shape index (κ1) is 16.6. The van der Waals surface area contributed by atoms with Crippen molar-refractivity contribution in [1.29, 1.82) is 0 Å². The highest BCUT2D eigenvalue weighted by Gasteiger charge is 2.56. The van der Waals surface area contributed by atoms with E-state index in [-0.39, 0.29) is 42.9 Å². The number of hydrogen-bond acceptors (Lipinski definition) is 4. The van der Waals surface area contributed by atoms with E-state index < -0.39 is 5.41 Å². The van der Waals surface area contributed by atoms with E-state index in [0.717, 1.165) is 25.7 Å². The average Bonchev–Trinajstić information content (AvgIpc) is 2.67. The van der Waals surface area contributed by atoms with Crippen LogP contribution in [0.25, 0.3) is 0 Å². The van der Waals surface area contributed by atoms with Gasteiger partial charge in [0.15, 0.2) is 0 Å². The number of rotatable bonds is 6. The third kappa shape index (κ3) is 2.91. The van der Waals surface area contributed by atoms with Gasteiger partial charge in [-0.1, -0.05) is 26.7 Å². The highest BCUT2D eigenvalue weighted by molar-refractivity contribution is 6.12. The van der Waals surface area contributed by atoms with Crippen molar-refractivity contribution < 1.29 is 19.2 Å². The van der Waals surface area contributed by atoms with E-state index in [4.69, 9.17) is 0 Å². The Balaban J connectivity index is 2.13. The molecule has 0 radical (unpaired) electrons. The minimum Gasteiger partial charge on any atom is -0.283 e. The number of nitrogens with zero attached hydrogens (tertiary/aromatic N) is 2. The fraction of sp³-hybridized carbons (Fsp3) is 0.750. The highest BCUT2D eigenvalue weighted by atomic mass is 16.2. The van der Waals surface area contributed by atoms with Gasteiger partial charge in [0.1, 0.15) is 0 Å². The summed E-state index contributed by atoms with van der Waals surface area (Å²) < 4.78 is 0. The Morgan fingerprint density at radius 2 is 1.18 bits per heavy atom. The smallest absolute Gasteiger partial charge is 0.236 e. The molecule has 0 aromatic carbocycles. The van der Waals surface area contributed by atoms with E-state index >= 15 is 0 Å². The second-order valence-corrected chi connectivity index (χ2v) is 6.31. The van der Waals surface area contributed by atoms with Crippen molar-refractivity contribution in [1.82, 2.24) is 9.80 Å². The normalized spacial score (nSPS) is 21.4. The van der Waals surface area contributed by atoms with Crippen molar-refractivity contribution >= 4 is 23.6 Å². The summed E-state index contributed by atoms with van der Waals surface area (Å²) in [5, 5.41) is 0. The Bertz CT molecular complexity index is 482. The molecule has 4 amide bonds. The lowest BCUT2D eigenvalue weighted by Crippen LogP contribution is -2.51. The van der Waals surface area contributed by atoms with Crippen molar-refractivity contribution in [2.75, 3.05) is 13.1 Å². The summed E-state index contributed by atoms with van der Waals surface area (Å²) in [4.78, 5) is 51.7. The summed E-state index contributed by atoms with van der Waals surface area (Å²) >= 11 is 0. The molecular formula is C16H24N2O4. The van der Waals surface area contributed by atoms with Gasteiger partial charge in [-0.15, -0.1) is 0 Å². The van der Waals surface area contributed by atoms with Gasteiger partial charge in [-0.2, -0.15) is 0 Å². The monoisotopic (exact) mass is 308 g/mol. The molecule has 0 unspecified atom stereocenters. The number of unbranched alkanes of at least 4 members (excludes halogenated alkanes) is 2. The summed E-state index contributed by atoms with van der Waals surface area (Å²) in [6.07, 6.45) is 3.25. The Morgan fingerprint density at radius 3 is 1.64 bits per heavy atom. The first-order chi connectivity index (χ1) is 10.4. The topological polar surface area (TPSA) is 74.8 Å². The molecule has 0 atom stereocenters. The van der Waals surface area contributed by atoms with Crippen LogP contribution in [0.2, 0.25) is 0 Å². The molecule has 6 nitrogen and oxygen atoms in total. The van der Waals surface area contributed by atoms with Crippen LogP contribution in [-0.4, -0.2) is 46.5 Å². The fourth-order valence-corrected chi connectivity index (χ4v) is 3.22. The average molecular weight is 308 g/mol. The van der Waals surface area contributed by atoms with E-state index in [1.807, 2.05) is 13.8 Å². The second-order valence-electron chi connectivity index (χ2n) is 6.31. The molecule has 2 aliphatic rings. The molecule has 2 aliphatic heterocycles. The van der Waals surface area contributed by atoms with Gasteiger partial charge in [0.25, 0.3) is 0 Å². The summed E-state index contributed by atoms with van der Waals surface area (Å²) in [5.74, 6) is -1.21. The Kier molecular flexibility index (Phi) is 4.98. The van der Waals surface area contributed by atoms with Crippen LogP contribution in [0.5, 0.6) is 0 Å². The molecule has 0 N–H and O–H groups in total. The van der Waals surface area contributed by atoms with Crippen LogP contribution in [0, 0.1) is 5.41 Å². The maximum absolute atomic E-state index is 12.6. The molecule has 0 aliphatic carbocycles. The fourth-order valence-electron chi connectivity index (χ4n) is 3.22. The Morgan fingerprint density at radius 1 is 0.773 bits per heavy atom. The summed E-state index contributed by atoms with van der Waals surface area (Å²) in [7, 11) is 0. The molecule has 0 aromatic heterocycles. The predicted molar refractivity (Wildman–Crippen MR) is 79.5 cm³/mol. The van der Waals surface area contributed by atoms with Gasteiger partial charge in [-0.3, -0.25) is 29.0 Å². The van der Waals surface area contributed by atoms with Crippen LogP contribution < -0.4 is 0 Å². The number of carbonyl (C=O) groups is 4. The number of imide groups is 2. The first-order valence-electron chi connectivity index (χ1n) is 8.13. The maximum atomic E-state index is 12.6. The molecule has 0 saturated carbocycles. The molecule has 2 heterocycles. The lowest BCUT2D eigenvalue weighted by Gasteiger charge is -2.35. The number of carbonyl (C=O) groups excluding carboxylic acids is 4. The minimum atomic E-state index is -1.11. The molecule has 0 aromatic rings. The van der Waals surface area contributed by atoms with Crippen LogP contribution >= 0.6 is 0 Å². The van der Waals surface area contributed by atoms with Gasteiger partial charge in [-0.05, 0) is 12.8 Å². The minimum absolute atomic E-state index is 0.00531.